The lowest BCUT2D eigenvalue weighted by Crippen LogP contribution is -2.11. The van der Waals surface area contributed by atoms with Crippen molar-refractivity contribution in [1.29, 1.82) is 0 Å². The molecule has 0 aliphatic heterocycles. The van der Waals surface area contributed by atoms with Gasteiger partial charge < -0.3 is 4.74 Å². The van der Waals surface area contributed by atoms with Gasteiger partial charge in [-0.25, -0.2) is 9.18 Å². The van der Waals surface area contributed by atoms with Crippen LogP contribution >= 0.6 is 0 Å². The molecule has 1 radical (unpaired) electrons. The van der Waals surface area contributed by atoms with Crippen LogP contribution in [0.3, 0.4) is 0 Å². The lowest BCUT2D eigenvalue weighted by Gasteiger charge is -2.06. The fourth-order valence-electron chi connectivity index (χ4n) is 0.837. The van der Waals surface area contributed by atoms with E-state index in [1.54, 1.807) is 6.92 Å². The molecule has 1 atom stereocenters. The fourth-order valence-corrected chi connectivity index (χ4v) is 0.837. The molecule has 69 valence electrons. The van der Waals surface area contributed by atoms with E-state index in [-0.39, 0.29) is 5.82 Å². The molecule has 13 heavy (non-hydrogen) atoms. The lowest BCUT2D eigenvalue weighted by molar-refractivity contribution is 0.0420. The normalized spacial score (nSPS) is 10.2. The second kappa shape index (κ2) is 4.03. The third-order valence-electron chi connectivity index (χ3n) is 1.39. The Hall–Kier alpha value is -1.38. The van der Waals surface area contributed by atoms with Gasteiger partial charge >= 0.3 is 5.97 Å². The molecule has 0 aromatic heterocycles. The van der Waals surface area contributed by atoms with E-state index in [1.165, 1.54) is 24.3 Å². The summed E-state index contributed by atoms with van der Waals surface area (Å²) < 4.78 is 17.3. The van der Waals surface area contributed by atoms with Crippen LogP contribution in [-0.2, 0) is 4.74 Å². The number of benzene rings is 1. The Morgan fingerprint density at radius 3 is 2.46 bits per heavy atom. The fraction of sp³-hybridized carbons (Fsp3) is 0.200. The van der Waals surface area contributed by atoms with Crippen LogP contribution in [0.1, 0.15) is 17.3 Å². The van der Waals surface area contributed by atoms with Crippen molar-refractivity contribution in [3.8, 4) is 0 Å². The highest BCUT2D eigenvalue weighted by Gasteiger charge is 2.08. The van der Waals surface area contributed by atoms with E-state index in [9.17, 15) is 9.18 Å². The summed E-state index contributed by atoms with van der Waals surface area (Å²) >= 11 is 0. The highest BCUT2D eigenvalue weighted by molar-refractivity contribution is 5.89. The molecule has 0 aliphatic rings. The SMILES string of the molecule is [CH2][C@H](C)OC(=O)c1ccc(F)cc1. The summed E-state index contributed by atoms with van der Waals surface area (Å²) in [6.45, 7) is 5.16. The molecule has 2 nitrogen and oxygen atoms in total. The number of esters is 1. The number of hydrogen-bond donors (Lipinski definition) is 0. The van der Waals surface area contributed by atoms with Crippen molar-refractivity contribution in [3.05, 3.63) is 42.6 Å². The van der Waals surface area contributed by atoms with E-state index in [0.717, 1.165) is 0 Å². The molecule has 0 saturated heterocycles. The van der Waals surface area contributed by atoms with Crippen molar-refractivity contribution in [3.63, 3.8) is 0 Å². The first-order valence-electron chi connectivity index (χ1n) is 3.89. The Morgan fingerprint density at radius 1 is 1.46 bits per heavy atom. The second-order valence-electron chi connectivity index (χ2n) is 2.72. The monoisotopic (exact) mass is 181 g/mol. The average molecular weight is 181 g/mol. The van der Waals surface area contributed by atoms with Gasteiger partial charge in [-0.2, -0.15) is 0 Å². The minimum absolute atomic E-state index is 0.330. The zero-order valence-corrected chi connectivity index (χ0v) is 7.29. The predicted molar refractivity (Wildman–Crippen MR) is 46.6 cm³/mol. The van der Waals surface area contributed by atoms with Gasteiger partial charge in [-0.05, 0) is 38.1 Å². The van der Waals surface area contributed by atoms with Gasteiger partial charge in [-0.3, -0.25) is 0 Å². The van der Waals surface area contributed by atoms with Crippen LogP contribution in [0, 0.1) is 12.7 Å². The molecule has 0 fully saturated rings. The third-order valence-corrected chi connectivity index (χ3v) is 1.39. The number of hydrogen-bond acceptors (Lipinski definition) is 2. The Kier molecular flexibility index (Phi) is 3.01. The van der Waals surface area contributed by atoms with Crippen LogP contribution in [0.25, 0.3) is 0 Å². The van der Waals surface area contributed by atoms with Gasteiger partial charge in [0.25, 0.3) is 0 Å². The number of halogens is 1. The van der Waals surface area contributed by atoms with Crippen molar-refractivity contribution in [2.45, 2.75) is 13.0 Å². The van der Waals surface area contributed by atoms with Crippen LogP contribution in [-0.4, -0.2) is 12.1 Å². The Labute approximate surface area is 76.3 Å². The van der Waals surface area contributed by atoms with E-state index in [2.05, 4.69) is 6.92 Å². The van der Waals surface area contributed by atoms with Crippen LogP contribution in [0.2, 0.25) is 0 Å². The molecule has 0 N–H and O–H groups in total. The van der Waals surface area contributed by atoms with Gasteiger partial charge in [0.15, 0.2) is 0 Å². The van der Waals surface area contributed by atoms with Gasteiger partial charge in [0, 0.05) is 0 Å². The Bertz CT molecular complexity index is 290. The quantitative estimate of drug-likeness (QED) is 0.654. The molecule has 0 unspecified atom stereocenters. The van der Waals surface area contributed by atoms with Crippen molar-refractivity contribution in [1.82, 2.24) is 0 Å². The maximum Gasteiger partial charge on any atom is 0.338 e. The molecular weight excluding hydrogens is 171 g/mol. The Balaban J connectivity index is 2.72. The average Bonchev–Trinajstić information content (AvgIpc) is 2.04. The first kappa shape index (κ1) is 9.71. The summed E-state index contributed by atoms with van der Waals surface area (Å²) in [5.41, 5.74) is 0.330. The summed E-state index contributed by atoms with van der Waals surface area (Å²) in [5, 5.41) is 0. The summed E-state index contributed by atoms with van der Waals surface area (Å²) in [5.74, 6) is -0.860. The highest BCUT2D eigenvalue weighted by Crippen LogP contribution is 2.05. The molecule has 0 aliphatic carbocycles. The highest BCUT2D eigenvalue weighted by atomic mass is 19.1. The Morgan fingerprint density at radius 2 is 2.00 bits per heavy atom. The smallest absolute Gasteiger partial charge is 0.338 e. The van der Waals surface area contributed by atoms with E-state index in [1.807, 2.05) is 0 Å². The summed E-state index contributed by atoms with van der Waals surface area (Å²) in [4.78, 5) is 11.2. The van der Waals surface area contributed by atoms with Gasteiger partial charge in [-0.1, -0.05) is 0 Å². The topological polar surface area (TPSA) is 26.3 Å². The zero-order valence-electron chi connectivity index (χ0n) is 7.29. The number of rotatable bonds is 2. The standard InChI is InChI=1S/C10H10FO2/c1-7(2)13-10(12)8-3-5-9(11)6-4-8/h3-7H,1H2,2H3/t7-/m1/s1. The lowest BCUT2D eigenvalue weighted by atomic mass is 10.2. The van der Waals surface area contributed by atoms with Gasteiger partial charge in [0.1, 0.15) is 5.82 Å². The van der Waals surface area contributed by atoms with Crippen LogP contribution < -0.4 is 0 Å². The first-order chi connectivity index (χ1) is 6.09. The molecule has 1 aromatic rings. The number of carbonyl (C=O) groups excluding carboxylic acids is 1. The van der Waals surface area contributed by atoms with Crippen molar-refractivity contribution in [2.75, 3.05) is 0 Å². The molecule has 0 bridgehead atoms. The first-order valence-corrected chi connectivity index (χ1v) is 3.89. The van der Waals surface area contributed by atoms with Gasteiger partial charge in [-0.15, -0.1) is 0 Å². The maximum atomic E-state index is 12.4. The molecule has 1 rings (SSSR count). The minimum atomic E-state index is -0.484. The zero-order chi connectivity index (χ0) is 9.84. The molecule has 0 saturated carbocycles. The number of ether oxygens (including phenoxy) is 1. The van der Waals surface area contributed by atoms with Crippen LogP contribution in [0.5, 0.6) is 0 Å². The minimum Gasteiger partial charge on any atom is -0.459 e. The van der Waals surface area contributed by atoms with E-state index >= 15 is 0 Å². The maximum absolute atomic E-state index is 12.4. The number of carbonyl (C=O) groups is 1. The van der Waals surface area contributed by atoms with Gasteiger partial charge in [0.2, 0.25) is 0 Å². The largest absolute Gasteiger partial charge is 0.459 e. The molecule has 0 spiro atoms. The van der Waals surface area contributed by atoms with E-state index < -0.39 is 12.1 Å². The van der Waals surface area contributed by atoms with Crippen molar-refractivity contribution >= 4 is 5.97 Å². The summed E-state index contributed by atoms with van der Waals surface area (Å²) in [6.07, 6.45) is -0.405. The second-order valence-corrected chi connectivity index (χ2v) is 2.72. The van der Waals surface area contributed by atoms with Gasteiger partial charge in [0.05, 0.1) is 11.7 Å². The van der Waals surface area contributed by atoms with Crippen LogP contribution in [0.4, 0.5) is 4.39 Å². The van der Waals surface area contributed by atoms with Crippen molar-refractivity contribution in [2.24, 2.45) is 0 Å². The van der Waals surface area contributed by atoms with Crippen molar-refractivity contribution < 1.29 is 13.9 Å². The molecular formula is C10H10FO2. The molecule has 0 amide bonds. The van der Waals surface area contributed by atoms with E-state index in [0.29, 0.717) is 5.56 Å². The molecule has 3 heteroatoms. The molecule has 0 heterocycles. The summed E-state index contributed by atoms with van der Waals surface area (Å²) in [6, 6.07) is 5.18. The van der Waals surface area contributed by atoms with E-state index in [4.69, 9.17) is 4.74 Å². The third kappa shape index (κ3) is 2.86. The predicted octanol–water partition coefficient (Wildman–Crippen LogP) is 2.21. The summed E-state index contributed by atoms with van der Waals surface area (Å²) in [7, 11) is 0. The molecule has 1 aromatic carbocycles. The van der Waals surface area contributed by atoms with Crippen LogP contribution in [0.15, 0.2) is 24.3 Å².